The quantitative estimate of drug-likeness (QED) is 0.371. The van der Waals surface area contributed by atoms with Crippen molar-refractivity contribution in [1.82, 2.24) is 0 Å². The van der Waals surface area contributed by atoms with Crippen molar-refractivity contribution in [1.29, 1.82) is 0 Å². The number of oxime groups is 1. The van der Waals surface area contributed by atoms with Gasteiger partial charge in [0.25, 0.3) is 15.7 Å². The van der Waals surface area contributed by atoms with E-state index in [1.54, 1.807) is 0 Å². The molecule has 0 aliphatic carbocycles. The van der Waals surface area contributed by atoms with Crippen molar-refractivity contribution >= 4 is 39.0 Å². The van der Waals surface area contributed by atoms with E-state index in [1.807, 2.05) is 0 Å². The van der Waals surface area contributed by atoms with E-state index in [2.05, 4.69) is 5.16 Å². The van der Waals surface area contributed by atoms with Crippen LogP contribution >= 0.6 is 23.2 Å². The van der Waals surface area contributed by atoms with Crippen LogP contribution < -0.4 is 0 Å². The van der Waals surface area contributed by atoms with Crippen LogP contribution in [0.25, 0.3) is 0 Å². The first-order valence-corrected chi connectivity index (χ1v) is 11.0. The molecule has 2 aromatic rings. The van der Waals surface area contributed by atoms with Crippen molar-refractivity contribution in [2.24, 2.45) is 5.16 Å². The summed E-state index contributed by atoms with van der Waals surface area (Å²) in [6.45, 7) is 0.269. The maximum Gasteiger partial charge on any atom is 0.435 e. The fourth-order valence-electron chi connectivity index (χ4n) is 3.29. The standard InChI is InChI=1S/C19H13Cl2F6NO4S/c1-16(18(22,23)24,33(29,30)31)11-4-2-10(3-5-11)15-9-17(32-28-15,19(25,26)27)12-6-13(20)8-14(21)7-12/h2-8H,9H2,1H3,(H,29,30,31). The Labute approximate surface area is 193 Å². The Hall–Kier alpha value is -2.02. The van der Waals surface area contributed by atoms with Crippen LogP contribution in [-0.4, -0.2) is 31.0 Å². The summed E-state index contributed by atoms with van der Waals surface area (Å²) in [4.78, 5) is 4.80. The molecule has 0 amide bonds. The number of rotatable bonds is 4. The fraction of sp³-hybridized carbons (Fsp3) is 0.316. The molecule has 1 N–H and O–H groups in total. The molecule has 2 aromatic carbocycles. The molecule has 14 heteroatoms. The van der Waals surface area contributed by atoms with Gasteiger partial charge in [0.15, 0.2) is 0 Å². The highest BCUT2D eigenvalue weighted by Crippen LogP contribution is 2.50. The van der Waals surface area contributed by atoms with E-state index < -0.39 is 50.4 Å². The Morgan fingerprint density at radius 2 is 1.52 bits per heavy atom. The minimum absolute atomic E-state index is 0.0575. The molecule has 33 heavy (non-hydrogen) atoms. The molecule has 0 fully saturated rings. The maximum absolute atomic E-state index is 14.0. The number of benzene rings is 2. The molecule has 1 aliphatic heterocycles. The van der Waals surface area contributed by atoms with Crippen LogP contribution in [0.4, 0.5) is 26.3 Å². The summed E-state index contributed by atoms with van der Waals surface area (Å²) in [6, 6.07) is 6.58. The number of nitrogens with zero attached hydrogens (tertiary/aromatic N) is 1. The second-order valence-electron chi connectivity index (χ2n) is 7.37. The van der Waals surface area contributed by atoms with E-state index in [1.165, 1.54) is 6.07 Å². The summed E-state index contributed by atoms with van der Waals surface area (Å²) in [5, 5.41) is 3.30. The zero-order chi connectivity index (χ0) is 25.0. The maximum atomic E-state index is 14.0. The molecule has 1 aliphatic rings. The monoisotopic (exact) mass is 535 g/mol. The molecule has 2 unspecified atom stereocenters. The van der Waals surface area contributed by atoms with Crippen LogP contribution in [0.1, 0.15) is 30.0 Å². The van der Waals surface area contributed by atoms with Gasteiger partial charge in [0, 0.05) is 22.0 Å². The SMILES string of the molecule is CC(c1ccc(C2=NOC(c3cc(Cl)cc(Cl)c3)(C(F)(F)F)C2)cc1)(C(F)(F)F)S(=O)(=O)O. The fourth-order valence-corrected chi connectivity index (χ4v) is 4.54. The van der Waals surface area contributed by atoms with Gasteiger partial charge in [-0.05, 0) is 36.2 Å². The number of hydrogen-bond acceptors (Lipinski definition) is 4. The Bertz CT molecular complexity index is 1190. The first-order valence-electron chi connectivity index (χ1n) is 8.85. The topological polar surface area (TPSA) is 76.0 Å². The predicted octanol–water partition coefficient (Wildman–Crippen LogP) is 6.24. The van der Waals surface area contributed by atoms with Crippen molar-refractivity contribution in [3.63, 3.8) is 0 Å². The Balaban J connectivity index is 2.01. The lowest BCUT2D eigenvalue weighted by Gasteiger charge is -2.30. The molecule has 2 atom stereocenters. The third kappa shape index (κ3) is 4.29. The van der Waals surface area contributed by atoms with E-state index in [0.29, 0.717) is 0 Å². The van der Waals surface area contributed by atoms with Crippen LogP contribution in [-0.2, 0) is 25.3 Å². The predicted molar refractivity (Wildman–Crippen MR) is 108 cm³/mol. The van der Waals surface area contributed by atoms with Gasteiger partial charge in [0.1, 0.15) is 0 Å². The number of alkyl halides is 6. The molecule has 0 saturated carbocycles. The molecular weight excluding hydrogens is 523 g/mol. The summed E-state index contributed by atoms with van der Waals surface area (Å²) in [5.74, 6) is 0. The largest absolute Gasteiger partial charge is 0.435 e. The molecule has 0 radical (unpaired) electrons. The number of hydrogen-bond donors (Lipinski definition) is 1. The van der Waals surface area contributed by atoms with Gasteiger partial charge in [-0.1, -0.05) is 52.6 Å². The van der Waals surface area contributed by atoms with Gasteiger partial charge in [-0.15, -0.1) is 0 Å². The summed E-state index contributed by atoms with van der Waals surface area (Å²) in [7, 11) is -5.64. The lowest BCUT2D eigenvalue weighted by atomic mass is 9.86. The van der Waals surface area contributed by atoms with Gasteiger partial charge in [-0.25, -0.2) is 0 Å². The molecule has 3 rings (SSSR count). The van der Waals surface area contributed by atoms with Crippen molar-refractivity contribution in [3.8, 4) is 0 Å². The van der Waals surface area contributed by atoms with Gasteiger partial charge >= 0.3 is 12.4 Å². The minimum Gasteiger partial charge on any atom is -0.374 e. The normalized spacial score (nSPS) is 21.3. The highest BCUT2D eigenvalue weighted by molar-refractivity contribution is 7.86. The first-order chi connectivity index (χ1) is 14.9. The van der Waals surface area contributed by atoms with Crippen molar-refractivity contribution in [3.05, 3.63) is 69.2 Å². The van der Waals surface area contributed by atoms with Crippen molar-refractivity contribution in [2.45, 2.75) is 36.0 Å². The van der Waals surface area contributed by atoms with Gasteiger partial charge in [0.2, 0.25) is 4.75 Å². The third-order valence-electron chi connectivity index (χ3n) is 5.34. The van der Waals surface area contributed by atoms with E-state index in [0.717, 1.165) is 36.4 Å². The second-order valence-corrected chi connectivity index (χ2v) is 10.0. The number of halogens is 8. The van der Waals surface area contributed by atoms with E-state index >= 15 is 0 Å². The van der Waals surface area contributed by atoms with Crippen LogP contribution in [0, 0.1) is 0 Å². The Morgan fingerprint density at radius 1 is 1.00 bits per heavy atom. The molecule has 0 saturated heterocycles. The van der Waals surface area contributed by atoms with Crippen molar-refractivity contribution in [2.75, 3.05) is 0 Å². The molecular formula is C19H13Cl2F6NO4S. The lowest BCUT2D eigenvalue weighted by molar-refractivity contribution is -0.275. The zero-order valence-electron chi connectivity index (χ0n) is 16.3. The summed E-state index contributed by atoms with van der Waals surface area (Å²) >= 11 is 11.6. The average Bonchev–Trinajstić information content (AvgIpc) is 3.12. The van der Waals surface area contributed by atoms with Crippen LogP contribution in [0.3, 0.4) is 0 Å². The average molecular weight is 536 g/mol. The highest BCUT2D eigenvalue weighted by atomic mass is 35.5. The molecule has 0 bridgehead atoms. The summed E-state index contributed by atoms with van der Waals surface area (Å²) < 4.78 is 111. The Kier molecular flexibility index (Phi) is 6.23. The van der Waals surface area contributed by atoms with Gasteiger partial charge in [-0.2, -0.15) is 34.8 Å². The Morgan fingerprint density at radius 3 is 1.94 bits per heavy atom. The van der Waals surface area contributed by atoms with E-state index in [4.69, 9.17) is 28.0 Å². The van der Waals surface area contributed by atoms with Gasteiger partial charge in [-0.3, -0.25) is 4.55 Å². The first kappa shape index (κ1) is 25.6. The van der Waals surface area contributed by atoms with Crippen molar-refractivity contribution < 1.29 is 44.2 Å². The minimum atomic E-state index is -5.64. The van der Waals surface area contributed by atoms with Gasteiger partial charge < -0.3 is 4.84 Å². The molecule has 1 heterocycles. The molecule has 180 valence electrons. The van der Waals surface area contributed by atoms with Crippen LogP contribution in [0.2, 0.25) is 10.0 Å². The van der Waals surface area contributed by atoms with E-state index in [-0.39, 0.29) is 28.2 Å². The highest BCUT2D eigenvalue weighted by Gasteiger charge is 2.63. The van der Waals surface area contributed by atoms with Gasteiger partial charge in [0.05, 0.1) is 5.71 Å². The lowest BCUT2D eigenvalue weighted by Crippen LogP contribution is -2.46. The molecule has 5 nitrogen and oxygen atoms in total. The second kappa shape index (κ2) is 8.03. The zero-order valence-corrected chi connectivity index (χ0v) is 18.6. The van der Waals surface area contributed by atoms with Crippen LogP contribution in [0.5, 0.6) is 0 Å². The van der Waals surface area contributed by atoms with E-state index in [9.17, 15) is 39.3 Å². The summed E-state index contributed by atoms with van der Waals surface area (Å²) in [6.07, 6.45) is -11.2. The van der Waals surface area contributed by atoms with Crippen LogP contribution in [0.15, 0.2) is 47.6 Å². The molecule has 0 spiro atoms. The molecule has 0 aromatic heterocycles. The smallest absolute Gasteiger partial charge is 0.374 e. The summed E-state index contributed by atoms with van der Waals surface area (Å²) in [5.41, 5.74) is -4.55. The third-order valence-corrected chi connectivity index (χ3v) is 7.28.